The first-order valence-corrected chi connectivity index (χ1v) is 10.1. The average molecular weight is 491 g/mol. The van der Waals surface area contributed by atoms with Gasteiger partial charge >= 0.3 is 12.3 Å². The highest BCUT2D eigenvalue weighted by molar-refractivity contribution is 6.00. The number of nitrogens with one attached hydrogen (secondary N) is 1. The molecular weight excluding hydrogens is 474 g/mol. The zero-order chi connectivity index (χ0) is 25.4. The van der Waals surface area contributed by atoms with Gasteiger partial charge in [0.25, 0.3) is 5.91 Å². The number of nitrogens with two attached hydrogens (primary N) is 1. The van der Waals surface area contributed by atoms with Crippen molar-refractivity contribution in [1.82, 2.24) is 10.3 Å². The Morgan fingerprint density at radius 1 is 1.17 bits per heavy atom. The Labute approximate surface area is 195 Å². The van der Waals surface area contributed by atoms with Gasteiger partial charge < -0.3 is 25.6 Å². The highest BCUT2D eigenvalue weighted by Crippen LogP contribution is 2.42. The Morgan fingerprint density at radius 2 is 1.94 bits per heavy atom. The van der Waals surface area contributed by atoms with Crippen molar-refractivity contribution in [2.24, 2.45) is 0 Å². The molecule has 2 aromatic carbocycles. The predicted octanol–water partition coefficient (Wildman–Crippen LogP) is 3.86. The zero-order valence-electron chi connectivity index (χ0n) is 17.7. The van der Waals surface area contributed by atoms with Crippen LogP contribution in [-0.4, -0.2) is 34.9 Å². The van der Waals surface area contributed by atoms with Gasteiger partial charge in [-0.1, -0.05) is 6.07 Å². The number of hydrogen-bond acceptors (Lipinski definition) is 6. The van der Waals surface area contributed by atoms with Crippen LogP contribution >= 0.6 is 0 Å². The molecule has 0 fully saturated rings. The second-order valence-corrected chi connectivity index (χ2v) is 7.61. The number of hydrogen-bond donors (Lipinski definition) is 3. The molecule has 1 atom stereocenters. The molecule has 1 aliphatic rings. The molecule has 0 unspecified atom stereocenters. The number of aromatic carboxylic acids is 1. The summed E-state index contributed by atoms with van der Waals surface area (Å²) in [6.07, 6.45) is -3.61. The third-order valence-electron chi connectivity index (χ3n) is 5.43. The summed E-state index contributed by atoms with van der Waals surface area (Å²) in [5.41, 5.74) is 4.22. The van der Waals surface area contributed by atoms with E-state index in [9.17, 15) is 27.2 Å². The molecule has 8 nitrogen and oxygen atoms in total. The number of carboxylic acid groups (broad SMARTS) is 1. The van der Waals surface area contributed by atoms with Crippen molar-refractivity contribution in [3.05, 3.63) is 82.9 Å². The van der Waals surface area contributed by atoms with E-state index in [-0.39, 0.29) is 46.8 Å². The maximum Gasteiger partial charge on any atom is 0.573 e. The highest BCUT2D eigenvalue weighted by Gasteiger charge is 2.43. The van der Waals surface area contributed by atoms with Gasteiger partial charge in [-0.15, -0.1) is 13.2 Å². The molecule has 1 amide bonds. The molecule has 0 saturated carbocycles. The number of nitrogens with zero attached hydrogens (tertiary/aromatic N) is 1. The number of anilines is 1. The summed E-state index contributed by atoms with van der Waals surface area (Å²) in [5, 5.41) is 11.9. The van der Waals surface area contributed by atoms with Crippen LogP contribution in [0, 0.1) is 5.82 Å². The van der Waals surface area contributed by atoms with Crippen LogP contribution in [0.5, 0.6) is 11.5 Å². The maximum atomic E-state index is 14.7. The van der Waals surface area contributed by atoms with Gasteiger partial charge in [0.15, 0.2) is 11.6 Å². The van der Waals surface area contributed by atoms with Crippen molar-refractivity contribution >= 4 is 17.6 Å². The van der Waals surface area contributed by atoms with E-state index in [4.69, 9.17) is 15.6 Å². The van der Waals surface area contributed by atoms with Crippen LogP contribution in [-0.2, 0) is 5.54 Å². The van der Waals surface area contributed by atoms with Gasteiger partial charge in [-0.25, -0.2) is 9.18 Å². The molecular formula is C23H17F4N3O5. The number of ether oxygens (including phenoxy) is 2. The minimum absolute atomic E-state index is 0.00773. The van der Waals surface area contributed by atoms with Crippen LogP contribution in [0.3, 0.4) is 0 Å². The molecule has 0 saturated heterocycles. The minimum atomic E-state index is -5.09. The van der Waals surface area contributed by atoms with E-state index in [1.54, 1.807) is 12.1 Å². The van der Waals surface area contributed by atoms with Gasteiger partial charge in [-0.2, -0.15) is 0 Å². The lowest BCUT2D eigenvalue weighted by atomic mass is 9.81. The van der Waals surface area contributed by atoms with E-state index in [1.165, 1.54) is 30.5 Å². The van der Waals surface area contributed by atoms with Crippen LogP contribution in [0.1, 0.15) is 38.4 Å². The van der Waals surface area contributed by atoms with Crippen molar-refractivity contribution in [2.45, 2.75) is 18.3 Å². The van der Waals surface area contributed by atoms with Crippen LogP contribution in [0.25, 0.3) is 0 Å². The Kier molecular flexibility index (Phi) is 5.97. The molecule has 3 aromatic rings. The molecule has 0 aliphatic carbocycles. The van der Waals surface area contributed by atoms with E-state index < -0.39 is 35.3 Å². The third-order valence-corrected chi connectivity index (χ3v) is 5.43. The van der Waals surface area contributed by atoms with Gasteiger partial charge in [0, 0.05) is 23.9 Å². The fourth-order valence-corrected chi connectivity index (χ4v) is 3.87. The molecule has 182 valence electrons. The van der Waals surface area contributed by atoms with E-state index in [0.29, 0.717) is 0 Å². The van der Waals surface area contributed by atoms with Crippen molar-refractivity contribution in [3.8, 4) is 11.5 Å². The van der Waals surface area contributed by atoms with Crippen LogP contribution in [0.2, 0.25) is 0 Å². The van der Waals surface area contributed by atoms with Crippen molar-refractivity contribution in [1.29, 1.82) is 0 Å². The van der Waals surface area contributed by atoms with E-state index in [0.717, 1.165) is 12.1 Å². The number of aromatic nitrogens is 1. The highest BCUT2D eigenvalue weighted by atomic mass is 19.4. The summed E-state index contributed by atoms with van der Waals surface area (Å²) in [6, 6.07) is 9.59. The van der Waals surface area contributed by atoms with Gasteiger partial charge in [-0.05, 0) is 48.0 Å². The number of alkyl halides is 3. The first kappa shape index (κ1) is 23.8. The lowest BCUT2D eigenvalue weighted by Gasteiger charge is -2.39. The smallest absolute Gasteiger partial charge is 0.491 e. The minimum Gasteiger partial charge on any atom is -0.491 e. The molecule has 2 heterocycles. The summed E-state index contributed by atoms with van der Waals surface area (Å²) < 4.78 is 61.8. The van der Waals surface area contributed by atoms with Gasteiger partial charge in [0.05, 0.1) is 12.2 Å². The monoisotopic (exact) mass is 491 g/mol. The van der Waals surface area contributed by atoms with Gasteiger partial charge in [0.2, 0.25) is 0 Å². The quantitative estimate of drug-likeness (QED) is 0.366. The Hall–Kier alpha value is -4.35. The molecule has 0 bridgehead atoms. The molecule has 1 aliphatic heterocycles. The number of carbonyl (C=O) groups excluding carboxylic acids is 1. The SMILES string of the molecule is Nc1cc(C(=O)N[C@]2(c3ccc(OC(F)(F)F)c(F)c3)CCOc3cccnc32)ccc1C(=O)O. The predicted molar refractivity (Wildman–Crippen MR) is 113 cm³/mol. The number of carboxylic acids is 1. The first-order valence-electron chi connectivity index (χ1n) is 10.1. The van der Waals surface area contributed by atoms with Crippen molar-refractivity contribution in [2.75, 3.05) is 12.3 Å². The Morgan fingerprint density at radius 3 is 2.60 bits per heavy atom. The van der Waals surface area contributed by atoms with Gasteiger partial charge in [0.1, 0.15) is 17.0 Å². The van der Waals surface area contributed by atoms with E-state index in [1.807, 2.05) is 0 Å². The molecule has 0 spiro atoms. The fourth-order valence-electron chi connectivity index (χ4n) is 3.87. The number of fused-ring (bicyclic) bond motifs is 1. The zero-order valence-corrected chi connectivity index (χ0v) is 17.7. The second kappa shape index (κ2) is 8.78. The fraction of sp³-hybridized carbons (Fsp3) is 0.174. The summed E-state index contributed by atoms with van der Waals surface area (Å²) in [5.74, 6) is -4.02. The number of halogens is 4. The first-order chi connectivity index (χ1) is 16.5. The lowest BCUT2D eigenvalue weighted by Crippen LogP contribution is -2.50. The molecule has 0 radical (unpaired) electrons. The summed E-state index contributed by atoms with van der Waals surface area (Å²) in [4.78, 5) is 28.7. The van der Waals surface area contributed by atoms with Crippen LogP contribution in [0.15, 0.2) is 54.7 Å². The summed E-state index contributed by atoms with van der Waals surface area (Å²) in [6.45, 7) is 0.0709. The lowest BCUT2D eigenvalue weighted by molar-refractivity contribution is -0.275. The maximum absolute atomic E-state index is 14.7. The Bertz CT molecular complexity index is 1310. The largest absolute Gasteiger partial charge is 0.573 e. The molecule has 35 heavy (non-hydrogen) atoms. The molecule has 4 N–H and O–H groups in total. The third kappa shape index (κ3) is 4.67. The van der Waals surface area contributed by atoms with Crippen molar-refractivity contribution in [3.63, 3.8) is 0 Å². The van der Waals surface area contributed by atoms with E-state index in [2.05, 4.69) is 15.0 Å². The molecule has 12 heteroatoms. The number of amides is 1. The summed E-state index contributed by atoms with van der Waals surface area (Å²) >= 11 is 0. The number of pyridine rings is 1. The molecule has 4 rings (SSSR count). The topological polar surface area (TPSA) is 124 Å². The number of nitrogen functional groups attached to an aromatic ring is 1. The number of rotatable bonds is 5. The number of carbonyl (C=O) groups is 2. The van der Waals surface area contributed by atoms with Gasteiger partial charge in [-0.3, -0.25) is 9.78 Å². The number of benzene rings is 2. The summed E-state index contributed by atoms with van der Waals surface area (Å²) in [7, 11) is 0. The average Bonchev–Trinajstić information content (AvgIpc) is 2.79. The molecule has 1 aromatic heterocycles. The standard InChI is InChI=1S/C23H17F4N3O5/c24-15-11-13(4-6-17(15)35-23(25,26)27)22(7-9-34-18-2-1-8-29-19(18)22)30-20(31)12-3-5-14(21(32)33)16(28)10-12/h1-6,8,10-11H,7,9,28H2,(H,30,31)(H,32,33)/t22-/m0/s1. The van der Waals surface area contributed by atoms with E-state index >= 15 is 0 Å². The second-order valence-electron chi connectivity index (χ2n) is 7.61. The van der Waals surface area contributed by atoms with Crippen LogP contribution in [0.4, 0.5) is 23.2 Å². The van der Waals surface area contributed by atoms with Crippen LogP contribution < -0.4 is 20.5 Å². The Balaban J connectivity index is 1.79. The van der Waals surface area contributed by atoms with Crippen molar-refractivity contribution < 1.29 is 41.7 Å². The normalized spacial score (nSPS) is 17.1.